The molecule has 3 heteroatoms. The van der Waals surface area contributed by atoms with Crippen LogP contribution in [-0.2, 0) is 4.79 Å². The highest BCUT2D eigenvalue weighted by atomic mass is 79.9. The highest BCUT2D eigenvalue weighted by Crippen LogP contribution is 2.27. The number of halogens is 1. The molecular weight excluding hydrogens is 256 g/mol. The van der Waals surface area contributed by atoms with Crippen molar-refractivity contribution in [2.75, 3.05) is 0 Å². The molecule has 1 aromatic carbocycles. The molecular formula is C12H13BrO2. The summed E-state index contributed by atoms with van der Waals surface area (Å²) in [5.74, 6) is -0.894. The van der Waals surface area contributed by atoms with Gasteiger partial charge in [0, 0.05) is 10.5 Å². The first kappa shape index (κ1) is 12.0. The molecule has 0 atom stereocenters. The first-order chi connectivity index (χ1) is 7.15. The number of carbonyl (C=O) groups is 1. The van der Waals surface area contributed by atoms with Crippen LogP contribution in [0.25, 0.3) is 5.57 Å². The number of aliphatic carboxylic acids is 1. The lowest BCUT2D eigenvalue weighted by Gasteiger charge is -2.07. The Kier molecular flexibility index (Phi) is 4.56. The molecule has 0 bridgehead atoms. The van der Waals surface area contributed by atoms with E-state index < -0.39 is 5.97 Å². The van der Waals surface area contributed by atoms with E-state index in [1.54, 1.807) is 0 Å². The van der Waals surface area contributed by atoms with Crippen LogP contribution in [0.5, 0.6) is 0 Å². The second-order valence-corrected chi connectivity index (χ2v) is 4.09. The van der Waals surface area contributed by atoms with Crippen molar-refractivity contribution in [3.63, 3.8) is 0 Å². The largest absolute Gasteiger partial charge is 0.478 e. The molecule has 1 N–H and O–H groups in total. The van der Waals surface area contributed by atoms with Crippen LogP contribution in [0.1, 0.15) is 25.3 Å². The monoisotopic (exact) mass is 268 g/mol. The van der Waals surface area contributed by atoms with Crippen molar-refractivity contribution in [3.8, 4) is 0 Å². The Morgan fingerprint density at radius 2 is 2.13 bits per heavy atom. The average Bonchev–Trinajstić information content (AvgIpc) is 2.17. The van der Waals surface area contributed by atoms with E-state index in [0.717, 1.165) is 28.5 Å². The van der Waals surface area contributed by atoms with Gasteiger partial charge in [-0.15, -0.1) is 0 Å². The summed E-state index contributed by atoms with van der Waals surface area (Å²) in [5.41, 5.74) is 1.82. The second kappa shape index (κ2) is 5.71. The van der Waals surface area contributed by atoms with Crippen molar-refractivity contribution in [2.45, 2.75) is 19.8 Å². The summed E-state index contributed by atoms with van der Waals surface area (Å²) in [5, 5.41) is 8.77. The quantitative estimate of drug-likeness (QED) is 0.846. The van der Waals surface area contributed by atoms with E-state index in [1.165, 1.54) is 6.08 Å². The Labute approximate surface area is 97.8 Å². The molecule has 0 unspecified atom stereocenters. The SMILES string of the molecule is CCCC(=CC(=O)O)c1ccccc1Br. The van der Waals surface area contributed by atoms with Gasteiger partial charge in [-0.05, 0) is 23.6 Å². The molecule has 0 aliphatic heterocycles. The van der Waals surface area contributed by atoms with E-state index >= 15 is 0 Å². The molecule has 1 aromatic rings. The third-order valence-corrected chi connectivity index (χ3v) is 2.73. The number of hydrogen-bond acceptors (Lipinski definition) is 1. The van der Waals surface area contributed by atoms with E-state index in [-0.39, 0.29) is 0 Å². The van der Waals surface area contributed by atoms with Gasteiger partial charge in [0.2, 0.25) is 0 Å². The molecule has 0 saturated heterocycles. The normalized spacial score (nSPS) is 11.5. The highest BCUT2D eigenvalue weighted by molar-refractivity contribution is 9.10. The molecule has 80 valence electrons. The van der Waals surface area contributed by atoms with Crippen LogP contribution in [0, 0.1) is 0 Å². The summed E-state index contributed by atoms with van der Waals surface area (Å²) < 4.78 is 0.936. The predicted octanol–water partition coefficient (Wildman–Crippen LogP) is 3.72. The van der Waals surface area contributed by atoms with Crippen molar-refractivity contribution < 1.29 is 9.90 Å². The van der Waals surface area contributed by atoms with Crippen LogP contribution in [0.3, 0.4) is 0 Å². The summed E-state index contributed by atoms with van der Waals surface area (Å²) >= 11 is 3.42. The molecule has 0 amide bonds. The van der Waals surface area contributed by atoms with Crippen molar-refractivity contribution in [3.05, 3.63) is 40.4 Å². The van der Waals surface area contributed by atoms with E-state index in [0.29, 0.717) is 0 Å². The first-order valence-electron chi connectivity index (χ1n) is 4.83. The Hall–Kier alpha value is -1.09. The molecule has 0 aromatic heterocycles. The summed E-state index contributed by atoms with van der Waals surface area (Å²) in [6, 6.07) is 7.67. The van der Waals surface area contributed by atoms with Gasteiger partial charge in [0.15, 0.2) is 0 Å². The minimum absolute atomic E-state index is 0.773. The maximum atomic E-state index is 10.7. The van der Waals surface area contributed by atoms with E-state index in [2.05, 4.69) is 15.9 Å². The molecule has 0 spiro atoms. The number of allylic oxidation sites excluding steroid dienone is 1. The lowest BCUT2D eigenvalue weighted by Crippen LogP contribution is -1.93. The lowest BCUT2D eigenvalue weighted by molar-refractivity contribution is -0.131. The molecule has 0 aliphatic rings. The standard InChI is InChI=1S/C12H13BrO2/c1-2-5-9(8-12(14)15)10-6-3-4-7-11(10)13/h3-4,6-8H,2,5H2,1H3,(H,14,15). The highest BCUT2D eigenvalue weighted by Gasteiger charge is 2.06. The van der Waals surface area contributed by atoms with Gasteiger partial charge >= 0.3 is 5.97 Å². The van der Waals surface area contributed by atoms with Gasteiger partial charge in [0.25, 0.3) is 0 Å². The summed E-state index contributed by atoms with van der Waals surface area (Å²) in [6.45, 7) is 2.03. The molecule has 0 radical (unpaired) electrons. The molecule has 15 heavy (non-hydrogen) atoms. The van der Waals surface area contributed by atoms with E-state index in [1.807, 2.05) is 31.2 Å². The zero-order valence-electron chi connectivity index (χ0n) is 8.53. The number of benzene rings is 1. The molecule has 1 rings (SSSR count). The minimum Gasteiger partial charge on any atom is -0.478 e. The third kappa shape index (κ3) is 3.51. The van der Waals surface area contributed by atoms with E-state index in [9.17, 15) is 4.79 Å². The van der Waals surface area contributed by atoms with Crippen LogP contribution in [0.2, 0.25) is 0 Å². The van der Waals surface area contributed by atoms with Crippen LogP contribution in [-0.4, -0.2) is 11.1 Å². The van der Waals surface area contributed by atoms with Gasteiger partial charge in [0.1, 0.15) is 0 Å². The lowest BCUT2D eigenvalue weighted by atomic mass is 10.0. The minimum atomic E-state index is -0.894. The number of carboxylic acid groups (broad SMARTS) is 1. The van der Waals surface area contributed by atoms with Crippen molar-refractivity contribution in [1.82, 2.24) is 0 Å². The zero-order chi connectivity index (χ0) is 11.3. The van der Waals surface area contributed by atoms with Crippen LogP contribution in [0.4, 0.5) is 0 Å². The van der Waals surface area contributed by atoms with Crippen LogP contribution >= 0.6 is 15.9 Å². The van der Waals surface area contributed by atoms with Crippen LogP contribution < -0.4 is 0 Å². The Bertz CT molecular complexity index is 383. The van der Waals surface area contributed by atoms with Gasteiger partial charge in [-0.3, -0.25) is 0 Å². The van der Waals surface area contributed by atoms with Crippen molar-refractivity contribution in [2.24, 2.45) is 0 Å². The molecule has 2 nitrogen and oxygen atoms in total. The van der Waals surface area contributed by atoms with Gasteiger partial charge in [-0.1, -0.05) is 47.5 Å². The Morgan fingerprint density at radius 3 is 2.67 bits per heavy atom. The summed E-state index contributed by atoms with van der Waals surface area (Å²) in [6.07, 6.45) is 2.99. The van der Waals surface area contributed by atoms with Gasteiger partial charge < -0.3 is 5.11 Å². The number of rotatable bonds is 4. The van der Waals surface area contributed by atoms with Crippen molar-refractivity contribution in [1.29, 1.82) is 0 Å². The smallest absolute Gasteiger partial charge is 0.328 e. The van der Waals surface area contributed by atoms with Gasteiger partial charge in [0.05, 0.1) is 0 Å². The first-order valence-corrected chi connectivity index (χ1v) is 5.63. The summed E-state index contributed by atoms with van der Waals surface area (Å²) in [4.78, 5) is 10.7. The number of carboxylic acids is 1. The zero-order valence-corrected chi connectivity index (χ0v) is 10.1. The van der Waals surface area contributed by atoms with Crippen LogP contribution in [0.15, 0.2) is 34.8 Å². The summed E-state index contributed by atoms with van der Waals surface area (Å²) in [7, 11) is 0. The fourth-order valence-corrected chi connectivity index (χ4v) is 1.96. The third-order valence-electron chi connectivity index (χ3n) is 2.04. The maximum absolute atomic E-state index is 10.7. The molecule has 0 saturated carbocycles. The fraction of sp³-hybridized carbons (Fsp3) is 0.250. The Morgan fingerprint density at radius 1 is 1.47 bits per heavy atom. The topological polar surface area (TPSA) is 37.3 Å². The van der Waals surface area contributed by atoms with Crippen molar-refractivity contribution >= 4 is 27.5 Å². The van der Waals surface area contributed by atoms with Gasteiger partial charge in [-0.2, -0.15) is 0 Å². The van der Waals surface area contributed by atoms with Gasteiger partial charge in [-0.25, -0.2) is 4.79 Å². The fourth-order valence-electron chi connectivity index (χ4n) is 1.42. The number of hydrogen-bond donors (Lipinski definition) is 1. The molecule has 0 aliphatic carbocycles. The second-order valence-electron chi connectivity index (χ2n) is 3.24. The van der Waals surface area contributed by atoms with E-state index in [4.69, 9.17) is 5.11 Å². The molecule has 0 heterocycles. The average molecular weight is 269 g/mol. The maximum Gasteiger partial charge on any atom is 0.328 e. The predicted molar refractivity (Wildman–Crippen MR) is 64.7 cm³/mol. The Balaban J connectivity index is 3.10. The molecule has 0 fully saturated rings.